The Morgan fingerprint density at radius 3 is 2.58 bits per heavy atom. The first-order valence-electron chi connectivity index (χ1n) is 8.11. The van der Waals surface area contributed by atoms with Gasteiger partial charge in [-0.2, -0.15) is 0 Å². The van der Waals surface area contributed by atoms with E-state index in [1.54, 1.807) is 18.3 Å². The minimum absolute atomic E-state index is 0.111. The number of hydrogen-bond acceptors (Lipinski definition) is 3. The van der Waals surface area contributed by atoms with E-state index in [0.717, 1.165) is 11.3 Å². The fourth-order valence-electron chi connectivity index (χ4n) is 2.38. The molecule has 128 valence electrons. The lowest BCUT2D eigenvalue weighted by atomic mass is 9.93. The molecule has 1 amide bonds. The molecule has 0 aliphatic rings. The molecule has 5 heteroatoms. The Morgan fingerprint density at radius 1 is 1.21 bits per heavy atom. The first-order valence-corrected chi connectivity index (χ1v) is 8.11. The van der Waals surface area contributed by atoms with Crippen LogP contribution in [0.25, 0.3) is 0 Å². The second-order valence-electron chi connectivity index (χ2n) is 5.84. The summed E-state index contributed by atoms with van der Waals surface area (Å²) in [4.78, 5) is 16.9. The summed E-state index contributed by atoms with van der Waals surface area (Å²) in [5.41, 5.74) is 1.59. The van der Waals surface area contributed by atoms with Gasteiger partial charge in [0.2, 0.25) is 5.91 Å². The van der Waals surface area contributed by atoms with Crippen LogP contribution in [0.4, 0.5) is 4.39 Å². The number of hydrogen-bond donors (Lipinski definition) is 1. The van der Waals surface area contributed by atoms with E-state index in [4.69, 9.17) is 4.74 Å². The number of benzene rings is 1. The molecule has 0 bridgehead atoms. The minimum atomic E-state index is -0.417. The molecule has 4 nitrogen and oxygen atoms in total. The molecule has 1 aromatic carbocycles. The molecule has 0 aliphatic carbocycles. The fourth-order valence-corrected chi connectivity index (χ4v) is 2.38. The zero-order chi connectivity index (χ0) is 17.4. The predicted octanol–water partition coefficient (Wildman–Crippen LogP) is 3.09. The quantitative estimate of drug-likeness (QED) is 0.757. The van der Waals surface area contributed by atoms with Crippen LogP contribution in [-0.4, -0.2) is 30.1 Å². The average molecular weight is 330 g/mol. The van der Waals surface area contributed by atoms with E-state index < -0.39 is 5.92 Å². The number of carbonyl (C=O) groups is 1. The topological polar surface area (TPSA) is 51.2 Å². The molecule has 0 saturated carbocycles. The van der Waals surface area contributed by atoms with Gasteiger partial charge in [0, 0.05) is 24.9 Å². The second-order valence-corrected chi connectivity index (χ2v) is 5.84. The van der Waals surface area contributed by atoms with Crippen molar-refractivity contribution < 1.29 is 13.9 Å². The van der Waals surface area contributed by atoms with Crippen molar-refractivity contribution in [3.63, 3.8) is 0 Å². The molecule has 2 aromatic rings. The van der Waals surface area contributed by atoms with Gasteiger partial charge in [0.15, 0.2) is 0 Å². The normalized spacial score (nSPS) is 12.2. The van der Waals surface area contributed by atoms with Crippen LogP contribution in [0.15, 0.2) is 48.7 Å². The summed E-state index contributed by atoms with van der Waals surface area (Å²) in [6.07, 6.45) is 2.29. The summed E-state index contributed by atoms with van der Waals surface area (Å²) in [5, 5.41) is 2.89. The van der Waals surface area contributed by atoms with Crippen molar-refractivity contribution in [1.82, 2.24) is 10.3 Å². The van der Waals surface area contributed by atoms with Crippen molar-refractivity contribution >= 4 is 5.91 Å². The molecule has 0 radical (unpaired) electrons. The highest BCUT2D eigenvalue weighted by atomic mass is 19.1. The number of nitrogens with one attached hydrogen (secondary N) is 1. The van der Waals surface area contributed by atoms with E-state index in [1.165, 1.54) is 12.1 Å². The van der Waals surface area contributed by atoms with Gasteiger partial charge < -0.3 is 10.1 Å². The van der Waals surface area contributed by atoms with Crippen LogP contribution in [0.5, 0.6) is 0 Å². The highest BCUT2D eigenvalue weighted by Gasteiger charge is 2.21. The number of amides is 1. The Kier molecular flexibility index (Phi) is 6.88. The predicted molar refractivity (Wildman–Crippen MR) is 91.2 cm³/mol. The molecule has 0 aliphatic heterocycles. The first-order chi connectivity index (χ1) is 11.6. The minimum Gasteiger partial charge on any atom is -0.377 e. The van der Waals surface area contributed by atoms with E-state index in [2.05, 4.69) is 10.3 Å². The molecule has 1 atom stereocenters. The van der Waals surface area contributed by atoms with Crippen LogP contribution in [-0.2, 0) is 16.0 Å². The van der Waals surface area contributed by atoms with Crippen LogP contribution in [0.2, 0.25) is 0 Å². The maximum Gasteiger partial charge on any atom is 0.228 e. The van der Waals surface area contributed by atoms with Gasteiger partial charge >= 0.3 is 0 Å². The van der Waals surface area contributed by atoms with Crippen LogP contribution < -0.4 is 5.32 Å². The molecule has 1 heterocycles. The van der Waals surface area contributed by atoms with Gasteiger partial charge in [-0.05, 0) is 43.7 Å². The summed E-state index contributed by atoms with van der Waals surface area (Å²) in [6, 6.07) is 11.6. The van der Waals surface area contributed by atoms with Crippen LogP contribution in [0.3, 0.4) is 0 Å². The third kappa shape index (κ3) is 5.74. The molecule has 0 saturated heterocycles. The molecule has 0 fully saturated rings. The van der Waals surface area contributed by atoms with Crippen molar-refractivity contribution in [3.8, 4) is 0 Å². The number of pyridine rings is 1. The van der Waals surface area contributed by atoms with Crippen molar-refractivity contribution in [3.05, 3.63) is 65.7 Å². The number of halogens is 1. The lowest BCUT2D eigenvalue weighted by Crippen LogP contribution is -2.33. The number of rotatable bonds is 8. The molecule has 1 aromatic heterocycles. The van der Waals surface area contributed by atoms with Gasteiger partial charge in [-0.3, -0.25) is 9.78 Å². The Labute approximate surface area is 142 Å². The number of carbonyl (C=O) groups excluding carboxylic acids is 1. The number of ether oxygens (including phenoxy) is 1. The van der Waals surface area contributed by atoms with E-state index in [0.29, 0.717) is 19.6 Å². The fraction of sp³-hybridized carbons (Fsp3) is 0.368. The molecule has 24 heavy (non-hydrogen) atoms. The lowest BCUT2D eigenvalue weighted by Gasteiger charge is -2.17. The molecule has 2 rings (SSSR count). The first kappa shape index (κ1) is 18.1. The van der Waals surface area contributed by atoms with Crippen LogP contribution >= 0.6 is 0 Å². The third-order valence-electron chi connectivity index (χ3n) is 3.58. The van der Waals surface area contributed by atoms with E-state index >= 15 is 0 Å². The van der Waals surface area contributed by atoms with Gasteiger partial charge in [0.1, 0.15) is 5.82 Å². The maximum absolute atomic E-state index is 13.2. The van der Waals surface area contributed by atoms with Crippen molar-refractivity contribution in [1.29, 1.82) is 0 Å². The zero-order valence-corrected chi connectivity index (χ0v) is 14.0. The SMILES string of the molecule is CC(C)OCCNC(=O)C(Cc1ccccn1)c1ccc(F)cc1. The van der Waals surface area contributed by atoms with Crippen molar-refractivity contribution in [2.24, 2.45) is 0 Å². The zero-order valence-electron chi connectivity index (χ0n) is 14.0. The van der Waals surface area contributed by atoms with E-state index in [-0.39, 0.29) is 17.8 Å². The van der Waals surface area contributed by atoms with Crippen LogP contribution in [0, 0.1) is 5.82 Å². The van der Waals surface area contributed by atoms with Gasteiger partial charge in [-0.15, -0.1) is 0 Å². The highest BCUT2D eigenvalue weighted by molar-refractivity contribution is 5.83. The Morgan fingerprint density at radius 2 is 1.96 bits per heavy atom. The average Bonchev–Trinajstić information content (AvgIpc) is 2.58. The van der Waals surface area contributed by atoms with Gasteiger partial charge in [-0.1, -0.05) is 18.2 Å². The van der Waals surface area contributed by atoms with E-state index in [1.807, 2.05) is 32.0 Å². The molecule has 1 N–H and O–H groups in total. The Bertz CT molecular complexity index is 630. The van der Waals surface area contributed by atoms with Crippen molar-refractivity contribution in [2.45, 2.75) is 32.3 Å². The maximum atomic E-state index is 13.2. The standard InChI is InChI=1S/C19H23FN2O2/c1-14(2)24-12-11-22-19(23)18(13-17-5-3-4-10-21-17)15-6-8-16(20)9-7-15/h3-10,14,18H,11-13H2,1-2H3,(H,22,23). The van der Waals surface area contributed by atoms with Crippen molar-refractivity contribution in [2.75, 3.05) is 13.2 Å². The second kappa shape index (κ2) is 9.13. The molecular formula is C19H23FN2O2. The Hall–Kier alpha value is -2.27. The van der Waals surface area contributed by atoms with Gasteiger partial charge in [0.25, 0.3) is 0 Å². The van der Waals surface area contributed by atoms with Gasteiger partial charge in [-0.25, -0.2) is 4.39 Å². The molecule has 0 spiro atoms. The van der Waals surface area contributed by atoms with E-state index in [9.17, 15) is 9.18 Å². The monoisotopic (exact) mass is 330 g/mol. The summed E-state index contributed by atoms with van der Waals surface area (Å²) in [5.74, 6) is -0.847. The summed E-state index contributed by atoms with van der Waals surface area (Å²) in [6.45, 7) is 4.80. The molecular weight excluding hydrogens is 307 g/mol. The summed E-state index contributed by atoms with van der Waals surface area (Å²) in [7, 11) is 0. The third-order valence-corrected chi connectivity index (χ3v) is 3.58. The summed E-state index contributed by atoms with van der Waals surface area (Å²) < 4.78 is 18.6. The van der Waals surface area contributed by atoms with Gasteiger partial charge in [0.05, 0.1) is 18.6 Å². The Balaban J connectivity index is 2.07. The summed E-state index contributed by atoms with van der Waals surface area (Å²) >= 11 is 0. The largest absolute Gasteiger partial charge is 0.377 e. The number of aromatic nitrogens is 1. The lowest BCUT2D eigenvalue weighted by molar-refractivity contribution is -0.122. The number of nitrogens with zero attached hydrogens (tertiary/aromatic N) is 1. The van der Waals surface area contributed by atoms with Crippen LogP contribution in [0.1, 0.15) is 31.0 Å². The smallest absolute Gasteiger partial charge is 0.228 e. The highest BCUT2D eigenvalue weighted by Crippen LogP contribution is 2.21. The molecule has 1 unspecified atom stereocenters.